The summed E-state index contributed by atoms with van der Waals surface area (Å²) in [5.74, 6) is 0.187. The van der Waals surface area contributed by atoms with Crippen LogP contribution >= 0.6 is 0 Å². The van der Waals surface area contributed by atoms with E-state index in [0.717, 1.165) is 32.7 Å². The van der Waals surface area contributed by atoms with E-state index in [1.54, 1.807) is 6.92 Å². The minimum Gasteiger partial charge on any atom is -0.385 e. The van der Waals surface area contributed by atoms with Crippen molar-refractivity contribution in [2.75, 3.05) is 42.9 Å². The Bertz CT molecular complexity index is 478. The normalized spacial score (nSPS) is 18.8. The monoisotopic (exact) mass is 259 g/mol. The van der Waals surface area contributed by atoms with Crippen molar-refractivity contribution in [2.45, 2.75) is 19.8 Å². The van der Waals surface area contributed by atoms with Crippen molar-refractivity contribution in [1.29, 1.82) is 0 Å². The Balaban J connectivity index is 1.71. The predicted molar refractivity (Wildman–Crippen MR) is 77.7 cm³/mol. The van der Waals surface area contributed by atoms with Crippen molar-refractivity contribution in [3.8, 4) is 0 Å². The van der Waals surface area contributed by atoms with Gasteiger partial charge in [0.1, 0.15) is 0 Å². The maximum absolute atomic E-state index is 11.3. The number of benzene rings is 1. The molecule has 0 bridgehead atoms. The fraction of sp³-hybridized carbons (Fsp3) is 0.533. The summed E-state index contributed by atoms with van der Waals surface area (Å²) in [6.07, 6.45) is 2.41. The average Bonchev–Trinajstić information content (AvgIpc) is 2.47. The molecule has 0 aliphatic carbocycles. The standard InChI is InChI=1S/C15H21N3O/c1-12(19)17-7-9-18(10-8-17)14-5-4-13-3-2-6-16-15(13)11-14/h4-5,11,16H,2-3,6-10H2,1H3. The molecule has 102 valence electrons. The number of hydrogen-bond donors (Lipinski definition) is 1. The molecular weight excluding hydrogens is 238 g/mol. The van der Waals surface area contributed by atoms with E-state index < -0.39 is 0 Å². The molecule has 0 unspecified atom stereocenters. The molecule has 3 rings (SSSR count). The van der Waals surface area contributed by atoms with Gasteiger partial charge in [-0.1, -0.05) is 6.07 Å². The lowest BCUT2D eigenvalue weighted by Crippen LogP contribution is -2.48. The van der Waals surface area contributed by atoms with Crippen molar-refractivity contribution < 1.29 is 4.79 Å². The molecule has 4 heteroatoms. The number of carbonyl (C=O) groups is 1. The van der Waals surface area contributed by atoms with Gasteiger partial charge in [-0.25, -0.2) is 0 Å². The van der Waals surface area contributed by atoms with Crippen molar-refractivity contribution >= 4 is 17.3 Å². The first kappa shape index (κ1) is 12.3. The lowest BCUT2D eigenvalue weighted by molar-refractivity contribution is -0.129. The largest absolute Gasteiger partial charge is 0.385 e. The smallest absolute Gasteiger partial charge is 0.219 e. The van der Waals surface area contributed by atoms with Gasteiger partial charge in [0.25, 0.3) is 0 Å². The summed E-state index contributed by atoms with van der Waals surface area (Å²) in [6.45, 7) is 6.25. The van der Waals surface area contributed by atoms with E-state index in [2.05, 4.69) is 28.4 Å². The Morgan fingerprint density at radius 2 is 2.00 bits per heavy atom. The van der Waals surface area contributed by atoms with Crippen molar-refractivity contribution in [1.82, 2.24) is 4.90 Å². The van der Waals surface area contributed by atoms with E-state index in [1.807, 2.05) is 4.90 Å². The molecule has 0 saturated carbocycles. The van der Waals surface area contributed by atoms with Gasteiger partial charge < -0.3 is 15.1 Å². The Kier molecular flexibility index (Phi) is 3.32. The highest BCUT2D eigenvalue weighted by Crippen LogP contribution is 2.27. The highest BCUT2D eigenvalue weighted by molar-refractivity contribution is 5.73. The maximum atomic E-state index is 11.3. The van der Waals surface area contributed by atoms with Gasteiger partial charge in [0.05, 0.1) is 0 Å². The zero-order chi connectivity index (χ0) is 13.2. The highest BCUT2D eigenvalue weighted by Gasteiger charge is 2.19. The Labute approximate surface area is 114 Å². The first-order valence-corrected chi connectivity index (χ1v) is 7.11. The molecule has 2 aliphatic rings. The number of carbonyl (C=O) groups excluding carboxylic acids is 1. The number of aryl methyl sites for hydroxylation is 1. The summed E-state index contributed by atoms with van der Waals surface area (Å²) in [4.78, 5) is 15.6. The Morgan fingerprint density at radius 3 is 2.74 bits per heavy atom. The van der Waals surface area contributed by atoms with Crippen LogP contribution in [0.25, 0.3) is 0 Å². The molecule has 2 aliphatic heterocycles. The van der Waals surface area contributed by atoms with E-state index in [9.17, 15) is 4.79 Å². The molecule has 4 nitrogen and oxygen atoms in total. The molecule has 1 saturated heterocycles. The molecule has 1 amide bonds. The van der Waals surface area contributed by atoms with Crippen LogP contribution in [0.1, 0.15) is 18.9 Å². The zero-order valence-corrected chi connectivity index (χ0v) is 11.5. The van der Waals surface area contributed by atoms with Gasteiger partial charge in [-0.05, 0) is 30.5 Å². The first-order valence-electron chi connectivity index (χ1n) is 7.11. The SMILES string of the molecule is CC(=O)N1CCN(c2ccc3c(c2)NCCC3)CC1. The number of nitrogens with zero attached hydrogens (tertiary/aromatic N) is 2. The summed E-state index contributed by atoms with van der Waals surface area (Å²) in [6, 6.07) is 6.72. The molecular formula is C15H21N3O. The third-order valence-corrected chi connectivity index (χ3v) is 4.12. The van der Waals surface area contributed by atoms with Crippen LogP contribution in [0.5, 0.6) is 0 Å². The van der Waals surface area contributed by atoms with E-state index in [-0.39, 0.29) is 5.91 Å². The van der Waals surface area contributed by atoms with Gasteiger partial charge in [-0.2, -0.15) is 0 Å². The van der Waals surface area contributed by atoms with Gasteiger partial charge in [0.15, 0.2) is 0 Å². The molecule has 0 radical (unpaired) electrons. The second kappa shape index (κ2) is 5.11. The number of fused-ring (bicyclic) bond motifs is 1. The van der Waals surface area contributed by atoms with Crippen molar-refractivity contribution in [3.05, 3.63) is 23.8 Å². The highest BCUT2D eigenvalue weighted by atomic mass is 16.2. The third-order valence-electron chi connectivity index (χ3n) is 4.12. The van der Waals surface area contributed by atoms with E-state index in [0.29, 0.717) is 0 Å². The molecule has 1 N–H and O–H groups in total. The van der Waals surface area contributed by atoms with E-state index >= 15 is 0 Å². The van der Waals surface area contributed by atoms with Gasteiger partial charge in [0.2, 0.25) is 5.91 Å². The molecule has 0 aromatic heterocycles. The average molecular weight is 259 g/mol. The summed E-state index contributed by atoms with van der Waals surface area (Å²) in [7, 11) is 0. The minimum atomic E-state index is 0.187. The van der Waals surface area contributed by atoms with Crippen LogP contribution in [0.3, 0.4) is 0 Å². The number of piperazine rings is 1. The Morgan fingerprint density at radius 1 is 1.21 bits per heavy atom. The molecule has 1 fully saturated rings. The molecule has 1 aromatic carbocycles. The molecule has 1 aromatic rings. The van der Waals surface area contributed by atoms with E-state index in [4.69, 9.17) is 0 Å². The van der Waals surface area contributed by atoms with Crippen molar-refractivity contribution in [3.63, 3.8) is 0 Å². The summed E-state index contributed by atoms with van der Waals surface area (Å²) in [5, 5.41) is 3.48. The van der Waals surface area contributed by atoms with Gasteiger partial charge in [0, 0.05) is 51.0 Å². The number of amides is 1. The number of hydrogen-bond acceptors (Lipinski definition) is 3. The predicted octanol–water partition coefficient (Wildman–Crippen LogP) is 1.71. The topological polar surface area (TPSA) is 35.6 Å². The minimum absolute atomic E-state index is 0.187. The fourth-order valence-corrected chi connectivity index (χ4v) is 2.93. The quantitative estimate of drug-likeness (QED) is 0.834. The molecule has 0 atom stereocenters. The van der Waals surface area contributed by atoms with Crippen LogP contribution in [0.2, 0.25) is 0 Å². The molecule has 19 heavy (non-hydrogen) atoms. The van der Waals surface area contributed by atoms with Gasteiger partial charge in [-0.15, -0.1) is 0 Å². The molecule has 2 heterocycles. The van der Waals surface area contributed by atoms with Crippen LogP contribution in [-0.4, -0.2) is 43.5 Å². The van der Waals surface area contributed by atoms with Gasteiger partial charge >= 0.3 is 0 Å². The number of nitrogens with one attached hydrogen (secondary N) is 1. The summed E-state index contributed by atoms with van der Waals surface area (Å²) >= 11 is 0. The van der Waals surface area contributed by atoms with Gasteiger partial charge in [-0.3, -0.25) is 4.79 Å². The van der Waals surface area contributed by atoms with Crippen LogP contribution in [0.4, 0.5) is 11.4 Å². The maximum Gasteiger partial charge on any atom is 0.219 e. The lowest BCUT2D eigenvalue weighted by atomic mass is 10.0. The fourth-order valence-electron chi connectivity index (χ4n) is 2.93. The Hall–Kier alpha value is -1.71. The van der Waals surface area contributed by atoms with E-state index in [1.165, 1.54) is 29.8 Å². The summed E-state index contributed by atoms with van der Waals surface area (Å²) in [5.41, 5.74) is 3.99. The van der Waals surface area contributed by atoms with Crippen LogP contribution < -0.4 is 10.2 Å². The number of rotatable bonds is 1. The van der Waals surface area contributed by atoms with Crippen LogP contribution in [0.15, 0.2) is 18.2 Å². The second-order valence-electron chi connectivity index (χ2n) is 5.36. The first-order chi connectivity index (χ1) is 9.24. The third kappa shape index (κ3) is 2.53. The second-order valence-corrected chi connectivity index (χ2v) is 5.36. The van der Waals surface area contributed by atoms with Crippen molar-refractivity contribution in [2.24, 2.45) is 0 Å². The van der Waals surface area contributed by atoms with Crippen LogP contribution in [-0.2, 0) is 11.2 Å². The lowest BCUT2D eigenvalue weighted by Gasteiger charge is -2.36. The molecule has 0 spiro atoms. The summed E-state index contributed by atoms with van der Waals surface area (Å²) < 4.78 is 0. The van der Waals surface area contributed by atoms with Crippen LogP contribution in [0, 0.1) is 0 Å². The number of anilines is 2. The zero-order valence-electron chi connectivity index (χ0n) is 11.5.